The van der Waals surface area contributed by atoms with Crippen LogP contribution < -0.4 is 5.73 Å². The molecule has 19 heavy (non-hydrogen) atoms. The highest BCUT2D eigenvalue weighted by atomic mass is 16.2. The molecule has 0 bridgehead atoms. The number of aryl methyl sites for hydroxylation is 1. The number of hydrogen-bond acceptors (Lipinski definition) is 2. The quantitative estimate of drug-likeness (QED) is 0.841. The maximum atomic E-state index is 12.5. The molecule has 1 aromatic rings. The number of rotatable bonds is 4. The Morgan fingerprint density at radius 2 is 2.11 bits per heavy atom. The molecule has 1 aromatic carbocycles. The average Bonchev–Trinajstić information content (AvgIpc) is 2.42. The second kappa shape index (κ2) is 7.60. The Balaban J connectivity index is 3.15. The van der Waals surface area contributed by atoms with E-state index in [9.17, 15) is 4.79 Å². The normalized spacial score (nSPS) is 9.68. The van der Waals surface area contributed by atoms with E-state index >= 15 is 0 Å². The van der Waals surface area contributed by atoms with Crippen molar-refractivity contribution in [1.29, 1.82) is 0 Å². The van der Waals surface area contributed by atoms with Gasteiger partial charge in [0.1, 0.15) is 0 Å². The molecule has 0 radical (unpaired) electrons. The van der Waals surface area contributed by atoms with E-state index in [-0.39, 0.29) is 5.91 Å². The molecule has 2 N–H and O–H groups in total. The predicted molar refractivity (Wildman–Crippen MR) is 79.0 cm³/mol. The molecule has 3 heteroatoms. The third-order valence-electron chi connectivity index (χ3n) is 2.89. The Labute approximate surface area is 115 Å². The summed E-state index contributed by atoms with van der Waals surface area (Å²) in [6, 6.07) is 5.76. The Bertz CT molecular complexity index is 497. The lowest BCUT2D eigenvalue weighted by molar-refractivity contribution is 0.0764. The van der Waals surface area contributed by atoms with E-state index in [2.05, 4.69) is 18.8 Å². The van der Waals surface area contributed by atoms with Gasteiger partial charge in [0.15, 0.2) is 0 Å². The van der Waals surface area contributed by atoms with E-state index in [4.69, 9.17) is 5.73 Å². The molecule has 0 saturated heterocycles. The first-order valence-corrected chi connectivity index (χ1v) is 6.72. The lowest BCUT2D eigenvalue weighted by atomic mass is 10.0. The van der Waals surface area contributed by atoms with Gasteiger partial charge in [-0.1, -0.05) is 30.4 Å². The zero-order chi connectivity index (χ0) is 14.3. The van der Waals surface area contributed by atoms with Crippen LogP contribution in [0.4, 0.5) is 0 Å². The van der Waals surface area contributed by atoms with Crippen molar-refractivity contribution in [1.82, 2.24) is 4.90 Å². The summed E-state index contributed by atoms with van der Waals surface area (Å²) in [5.41, 5.74) is 7.90. The van der Waals surface area contributed by atoms with Crippen molar-refractivity contribution in [2.75, 3.05) is 19.6 Å². The van der Waals surface area contributed by atoms with Gasteiger partial charge < -0.3 is 10.6 Å². The van der Waals surface area contributed by atoms with Crippen LogP contribution in [-0.4, -0.2) is 30.4 Å². The van der Waals surface area contributed by atoms with Gasteiger partial charge in [0, 0.05) is 18.7 Å². The van der Waals surface area contributed by atoms with Crippen LogP contribution in [0.5, 0.6) is 0 Å². The van der Waals surface area contributed by atoms with Crippen LogP contribution in [0.2, 0.25) is 0 Å². The van der Waals surface area contributed by atoms with E-state index in [0.717, 1.165) is 24.1 Å². The maximum Gasteiger partial charge on any atom is 0.255 e. The number of carbonyl (C=O) groups excluding carboxylic acids is 1. The number of benzene rings is 1. The minimum absolute atomic E-state index is 0.0503. The summed E-state index contributed by atoms with van der Waals surface area (Å²) in [6.45, 7) is 7.83. The summed E-state index contributed by atoms with van der Waals surface area (Å²) in [4.78, 5) is 14.4. The van der Waals surface area contributed by atoms with Gasteiger partial charge >= 0.3 is 0 Å². The molecule has 1 rings (SSSR count). The molecule has 1 amide bonds. The first kappa shape index (κ1) is 15.3. The molecular weight excluding hydrogens is 236 g/mol. The van der Waals surface area contributed by atoms with Crippen LogP contribution in [0, 0.1) is 18.8 Å². The highest BCUT2D eigenvalue weighted by Crippen LogP contribution is 2.14. The summed E-state index contributed by atoms with van der Waals surface area (Å²) in [5.74, 6) is 5.85. The lowest BCUT2D eigenvalue weighted by Crippen LogP contribution is -2.32. The Morgan fingerprint density at radius 1 is 1.37 bits per heavy atom. The highest BCUT2D eigenvalue weighted by molar-refractivity contribution is 5.97. The monoisotopic (exact) mass is 258 g/mol. The van der Waals surface area contributed by atoms with Crippen molar-refractivity contribution in [2.24, 2.45) is 5.73 Å². The first-order chi connectivity index (χ1) is 9.13. The molecule has 0 aliphatic rings. The maximum absolute atomic E-state index is 12.5. The summed E-state index contributed by atoms with van der Waals surface area (Å²) in [7, 11) is 0. The van der Waals surface area contributed by atoms with Crippen LogP contribution in [-0.2, 0) is 0 Å². The minimum atomic E-state index is 0.0503. The zero-order valence-electron chi connectivity index (χ0n) is 12.0. The third kappa shape index (κ3) is 4.11. The Morgan fingerprint density at radius 3 is 2.68 bits per heavy atom. The van der Waals surface area contributed by atoms with Crippen molar-refractivity contribution in [3.8, 4) is 11.8 Å². The number of nitrogens with two attached hydrogens (primary N) is 1. The molecule has 0 aromatic heterocycles. The van der Waals surface area contributed by atoms with Crippen molar-refractivity contribution < 1.29 is 4.79 Å². The van der Waals surface area contributed by atoms with Crippen LogP contribution in [0.25, 0.3) is 0 Å². The molecule has 0 fully saturated rings. The number of amides is 1. The summed E-state index contributed by atoms with van der Waals surface area (Å²) < 4.78 is 0. The van der Waals surface area contributed by atoms with Gasteiger partial charge in [-0.05, 0) is 32.4 Å². The highest BCUT2D eigenvalue weighted by Gasteiger charge is 2.16. The van der Waals surface area contributed by atoms with Crippen molar-refractivity contribution >= 4 is 5.91 Å². The predicted octanol–water partition coefficient (Wildman–Crippen LogP) is 2.18. The fraction of sp³-hybridized carbons (Fsp3) is 0.438. The molecule has 102 valence electrons. The van der Waals surface area contributed by atoms with Gasteiger partial charge in [-0.25, -0.2) is 0 Å². The van der Waals surface area contributed by atoms with Gasteiger partial charge in [0.25, 0.3) is 5.91 Å². The minimum Gasteiger partial charge on any atom is -0.339 e. The molecular formula is C16H22N2O. The van der Waals surface area contributed by atoms with Crippen molar-refractivity contribution in [2.45, 2.75) is 27.2 Å². The molecule has 0 aliphatic heterocycles. The Kier molecular flexibility index (Phi) is 6.11. The third-order valence-corrected chi connectivity index (χ3v) is 2.89. The molecule has 0 aliphatic carbocycles. The van der Waals surface area contributed by atoms with Gasteiger partial charge in [-0.15, -0.1) is 0 Å². The Hall–Kier alpha value is -1.79. The SMILES string of the molecule is CCCN(CC)C(=O)c1cc(C)ccc1C#CCN. The second-order valence-electron chi connectivity index (χ2n) is 4.44. The van der Waals surface area contributed by atoms with Crippen LogP contribution >= 0.6 is 0 Å². The average molecular weight is 258 g/mol. The molecule has 0 saturated carbocycles. The number of hydrogen-bond donors (Lipinski definition) is 1. The van der Waals surface area contributed by atoms with E-state index in [1.165, 1.54) is 0 Å². The smallest absolute Gasteiger partial charge is 0.255 e. The van der Waals surface area contributed by atoms with E-state index in [1.54, 1.807) is 0 Å². The first-order valence-electron chi connectivity index (χ1n) is 6.72. The molecule has 0 spiro atoms. The fourth-order valence-electron chi connectivity index (χ4n) is 1.93. The van der Waals surface area contributed by atoms with Gasteiger partial charge in [0.05, 0.1) is 12.1 Å². The van der Waals surface area contributed by atoms with Gasteiger partial charge in [0.2, 0.25) is 0 Å². The topological polar surface area (TPSA) is 46.3 Å². The standard InChI is InChI=1S/C16H22N2O/c1-4-11-18(5-2)16(19)15-12-13(3)8-9-14(15)7-6-10-17/h8-9,12H,4-5,10-11,17H2,1-3H3. The van der Waals surface area contributed by atoms with Crippen molar-refractivity contribution in [3.63, 3.8) is 0 Å². The summed E-state index contributed by atoms with van der Waals surface area (Å²) in [5, 5.41) is 0. The van der Waals surface area contributed by atoms with Gasteiger partial charge in [-0.2, -0.15) is 0 Å². The number of carbonyl (C=O) groups is 1. The lowest BCUT2D eigenvalue weighted by Gasteiger charge is -2.21. The van der Waals surface area contributed by atoms with E-state index < -0.39 is 0 Å². The molecule has 0 atom stereocenters. The van der Waals surface area contributed by atoms with Crippen LogP contribution in [0.1, 0.15) is 41.8 Å². The largest absolute Gasteiger partial charge is 0.339 e. The van der Waals surface area contributed by atoms with E-state index in [0.29, 0.717) is 18.7 Å². The van der Waals surface area contributed by atoms with Crippen LogP contribution in [0.15, 0.2) is 18.2 Å². The fourth-order valence-corrected chi connectivity index (χ4v) is 1.93. The summed E-state index contributed by atoms with van der Waals surface area (Å²) in [6.07, 6.45) is 0.954. The second-order valence-corrected chi connectivity index (χ2v) is 4.44. The summed E-state index contributed by atoms with van der Waals surface area (Å²) >= 11 is 0. The van der Waals surface area contributed by atoms with Crippen molar-refractivity contribution in [3.05, 3.63) is 34.9 Å². The van der Waals surface area contributed by atoms with E-state index in [1.807, 2.05) is 36.9 Å². The zero-order valence-corrected chi connectivity index (χ0v) is 12.0. The number of nitrogens with zero attached hydrogens (tertiary/aromatic N) is 1. The molecule has 3 nitrogen and oxygen atoms in total. The van der Waals surface area contributed by atoms with Crippen LogP contribution in [0.3, 0.4) is 0 Å². The molecule has 0 heterocycles. The molecule has 0 unspecified atom stereocenters. The van der Waals surface area contributed by atoms with Gasteiger partial charge in [-0.3, -0.25) is 4.79 Å².